The second-order valence-corrected chi connectivity index (χ2v) is 20.4. The zero-order valence-corrected chi connectivity index (χ0v) is 39.2. The molecular weight excluding hydrogens is 916 g/mol. The summed E-state index contributed by atoms with van der Waals surface area (Å²) in [6.45, 7) is 0.562. The minimum atomic E-state index is -1.34. The van der Waals surface area contributed by atoms with E-state index in [2.05, 4.69) is 21.3 Å². The van der Waals surface area contributed by atoms with Crippen molar-refractivity contribution in [3.05, 3.63) is 97.6 Å². The number of aryl methyl sites for hydroxylation is 1. The van der Waals surface area contributed by atoms with Crippen LogP contribution in [0.15, 0.2) is 59.4 Å². The fourth-order valence-electron chi connectivity index (χ4n) is 12.7. The fraction of sp³-hybridized carbons (Fsp3) is 0.500. The molecule has 358 valence electrons. The molecule has 15 nitrogen and oxygen atoms in total. The lowest BCUT2D eigenvalue weighted by Gasteiger charge is -2.47. The highest BCUT2D eigenvalue weighted by atomic mass is 35.5. The Morgan fingerprint density at radius 2 is 1.62 bits per heavy atom. The summed E-state index contributed by atoms with van der Waals surface area (Å²) in [7, 11) is 1.66. The monoisotopic (exact) mass is 969 g/mol. The molecule has 5 amide bonds. The molecule has 6 aliphatic rings. The highest BCUT2D eigenvalue weighted by Gasteiger charge is 2.72. The number of ether oxygens (including phenoxy) is 1. The Labute approximate surface area is 401 Å². The molecule has 2 saturated carbocycles. The summed E-state index contributed by atoms with van der Waals surface area (Å²) in [6.07, 6.45) is 7.42. The Hall–Kier alpha value is -5.58. The van der Waals surface area contributed by atoms with Crippen molar-refractivity contribution in [2.24, 2.45) is 13.0 Å². The number of hydrogen-bond donors (Lipinski definition) is 4. The molecule has 4 N–H and O–H groups in total. The highest BCUT2D eigenvalue weighted by Crippen LogP contribution is 2.63. The number of aromatic nitrogens is 2. The molecule has 68 heavy (non-hydrogen) atoms. The maximum absolute atomic E-state index is 16.3. The first kappa shape index (κ1) is 46.2. The Balaban J connectivity index is 0.755. The molecule has 10 rings (SSSR count). The number of piperidine rings is 2. The summed E-state index contributed by atoms with van der Waals surface area (Å²) < 4.78 is 24.9. The van der Waals surface area contributed by atoms with Crippen molar-refractivity contribution in [1.29, 1.82) is 0 Å². The Kier molecular flexibility index (Phi) is 12.3. The minimum Gasteiger partial charge on any atom is -0.455 e. The number of esters is 1. The topological polar surface area (TPSA) is 190 Å². The lowest BCUT2D eigenvalue weighted by molar-refractivity contribution is -0.156. The number of nitrogens with zero attached hydrogens (tertiary/aromatic N) is 3. The third-order valence-corrected chi connectivity index (χ3v) is 16.5. The number of amides is 5. The van der Waals surface area contributed by atoms with E-state index in [9.17, 15) is 33.6 Å². The quantitative estimate of drug-likeness (QED) is 0.121. The van der Waals surface area contributed by atoms with Crippen molar-refractivity contribution < 1.29 is 37.9 Å². The van der Waals surface area contributed by atoms with Crippen LogP contribution in [0.1, 0.15) is 118 Å². The largest absolute Gasteiger partial charge is 0.455 e. The van der Waals surface area contributed by atoms with Gasteiger partial charge in [0.1, 0.15) is 17.3 Å². The first-order valence-electron chi connectivity index (χ1n) is 23.8. The van der Waals surface area contributed by atoms with Crippen LogP contribution in [-0.4, -0.2) is 86.9 Å². The van der Waals surface area contributed by atoms with Gasteiger partial charge >= 0.3 is 11.7 Å². The minimum absolute atomic E-state index is 0.101. The first-order valence-corrected chi connectivity index (χ1v) is 24.6. The number of imide groups is 1. The molecule has 3 aromatic carbocycles. The van der Waals surface area contributed by atoms with Crippen LogP contribution in [0, 0.1) is 11.7 Å². The van der Waals surface area contributed by atoms with Gasteiger partial charge in [-0.25, -0.2) is 9.18 Å². The third kappa shape index (κ3) is 7.70. The van der Waals surface area contributed by atoms with Gasteiger partial charge in [-0.05, 0) is 111 Å². The molecule has 4 aromatic rings. The molecule has 3 saturated heterocycles. The molecule has 0 bridgehead atoms. The zero-order valence-electron chi connectivity index (χ0n) is 37.7. The third-order valence-electron chi connectivity index (χ3n) is 16.0. The van der Waals surface area contributed by atoms with E-state index in [-0.39, 0.29) is 71.3 Å². The number of likely N-dealkylation sites (tertiary alicyclic amines) is 1. The summed E-state index contributed by atoms with van der Waals surface area (Å²) >= 11 is 12.8. The zero-order chi connectivity index (χ0) is 47.6. The number of benzene rings is 3. The number of halogens is 3. The van der Waals surface area contributed by atoms with Gasteiger partial charge in [0.05, 0.1) is 28.0 Å². The number of imidazole rings is 1. The molecular formula is C50H54Cl2FN7O8. The van der Waals surface area contributed by atoms with Crippen LogP contribution < -0.4 is 27.0 Å². The summed E-state index contributed by atoms with van der Waals surface area (Å²) in [5, 5.41) is 12.6. The van der Waals surface area contributed by atoms with E-state index in [1.54, 1.807) is 36.2 Å². The predicted molar refractivity (Wildman–Crippen MR) is 251 cm³/mol. The predicted octanol–water partition coefficient (Wildman–Crippen LogP) is 6.04. The van der Waals surface area contributed by atoms with E-state index in [1.807, 2.05) is 24.3 Å². The molecule has 0 radical (unpaired) electrons. The van der Waals surface area contributed by atoms with E-state index in [0.717, 1.165) is 24.8 Å². The molecule has 5 fully saturated rings. The summed E-state index contributed by atoms with van der Waals surface area (Å²) in [4.78, 5) is 95.3. The van der Waals surface area contributed by atoms with Crippen LogP contribution in [0.5, 0.6) is 0 Å². The number of nitrogens with one attached hydrogen (secondary N) is 4. The van der Waals surface area contributed by atoms with Crippen molar-refractivity contribution in [3.63, 3.8) is 0 Å². The van der Waals surface area contributed by atoms with Gasteiger partial charge in [-0.1, -0.05) is 66.7 Å². The Bertz CT molecular complexity index is 2810. The molecule has 4 atom stereocenters. The number of fused-ring (bicyclic) bond motifs is 4. The van der Waals surface area contributed by atoms with Gasteiger partial charge in [0.2, 0.25) is 23.6 Å². The van der Waals surface area contributed by atoms with Gasteiger partial charge in [0.15, 0.2) is 6.61 Å². The second-order valence-electron chi connectivity index (χ2n) is 19.6. The van der Waals surface area contributed by atoms with E-state index in [1.165, 1.54) is 15.2 Å². The van der Waals surface area contributed by atoms with Crippen LogP contribution in [-0.2, 0) is 46.0 Å². The summed E-state index contributed by atoms with van der Waals surface area (Å²) in [6, 6.07) is 13.7. The molecule has 1 unspecified atom stereocenters. The van der Waals surface area contributed by atoms with Gasteiger partial charge in [-0.2, -0.15) is 0 Å². The number of carbonyl (C=O) groups is 6. The molecule has 5 heterocycles. The van der Waals surface area contributed by atoms with Crippen LogP contribution in [0.3, 0.4) is 0 Å². The average molecular weight is 971 g/mol. The molecule has 2 spiro atoms. The number of carbonyl (C=O) groups excluding carboxylic acids is 6. The van der Waals surface area contributed by atoms with Crippen LogP contribution in [0.25, 0.3) is 11.0 Å². The number of hydrogen-bond acceptors (Lipinski definition) is 9. The van der Waals surface area contributed by atoms with Crippen molar-refractivity contribution in [1.82, 2.24) is 30.0 Å². The smallest absolute Gasteiger partial charge is 0.329 e. The van der Waals surface area contributed by atoms with Gasteiger partial charge in [0, 0.05) is 54.8 Å². The fourth-order valence-corrected chi connectivity index (χ4v) is 13.0. The maximum Gasteiger partial charge on any atom is 0.329 e. The van der Waals surface area contributed by atoms with Crippen LogP contribution in [0.4, 0.5) is 10.1 Å². The first-order chi connectivity index (χ1) is 32.7. The van der Waals surface area contributed by atoms with Gasteiger partial charge in [0.25, 0.3) is 5.91 Å². The van der Waals surface area contributed by atoms with Gasteiger partial charge < -0.3 is 20.3 Å². The van der Waals surface area contributed by atoms with Crippen LogP contribution in [0.2, 0.25) is 10.0 Å². The van der Waals surface area contributed by atoms with Crippen molar-refractivity contribution in [2.75, 3.05) is 25.0 Å². The number of anilines is 1. The molecule has 18 heteroatoms. The number of rotatable bonds is 8. The second kappa shape index (κ2) is 18.1. The van der Waals surface area contributed by atoms with E-state index in [4.69, 9.17) is 27.9 Å². The van der Waals surface area contributed by atoms with Gasteiger partial charge in [-0.15, -0.1) is 0 Å². The molecule has 2 aliphatic carbocycles. The summed E-state index contributed by atoms with van der Waals surface area (Å²) in [5.41, 5.74) is 1.18. The normalized spacial score (nSPS) is 27.0. The highest BCUT2D eigenvalue weighted by molar-refractivity contribution is 6.31. The summed E-state index contributed by atoms with van der Waals surface area (Å²) in [5.74, 6) is -4.19. The van der Waals surface area contributed by atoms with E-state index < -0.39 is 52.6 Å². The maximum atomic E-state index is 16.3. The SMILES string of the molecule is Cn1c(=O)n(C2CCC(=O)NC2=O)c2ccc(C3CCN(C(=O)COC(=O)C4CCC(NC(=O)[C@@H]5NC6(CCCCC6)[C@@]6(C(=O)Nc7cc(Cl)ccc76)[C@H]5c5cccc(Cl)c5F)CC4)CC3)cc21. The van der Waals surface area contributed by atoms with Crippen molar-refractivity contribution >= 4 is 75.4 Å². The lowest BCUT2D eigenvalue weighted by Crippen LogP contribution is -2.60. The Morgan fingerprint density at radius 1 is 0.868 bits per heavy atom. The lowest BCUT2D eigenvalue weighted by atomic mass is 9.55. The average Bonchev–Trinajstić information content (AvgIpc) is 3.89. The van der Waals surface area contributed by atoms with Crippen molar-refractivity contribution in [2.45, 2.75) is 124 Å². The molecule has 1 aromatic heterocycles. The Morgan fingerprint density at radius 3 is 2.35 bits per heavy atom. The van der Waals surface area contributed by atoms with Crippen LogP contribution >= 0.6 is 23.2 Å². The van der Waals surface area contributed by atoms with Crippen molar-refractivity contribution in [3.8, 4) is 0 Å². The molecule has 4 aliphatic heterocycles. The van der Waals surface area contributed by atoms with E-state index in [0.29, 0.717) is 91.8 Å². The standard InChI is InChI=1S/C50H54Cl2FN7O8/c1-58-38-24-29(10-15-36(38)60(48(58)67)37-16-17-39(61)56-44(37)63)27-18-22-59(23-19-27)40(62)26-68-46(65)28-8-12-31(13-9-28)54-45(64)43-41(32-6-5-7-34(52)42(32)53)50(49(57-43)20-3-2-4-21-49)33-14-11-30(51)25-35(33)55-47(50)66/h5-7,10-11,14-15,24-25,27-28,31,37,41,43,57H,2-4,8-9,12-13,16-23,26H2,1H3,(H,54,64)(H,55,66)(H,56,61,63)/t28?,31?,37?,41-,43+,50+/m0/s1. The van der Waals surface area contributed by atoms with Gasteiger partial charge in [-0.3, -0.25) is 48.5 Å². The van der Waals surface area contributed by atoms with E-state index >= 15 is 4.39 Å².